The molecule has 0 saturated carbocycles. The third-order valence-electron chi connectivity index (χ3n) is 4.44. The van der Waals surface area contributed by atoms with Gasteiger partial charge in [-0.3, -0.25) is 4.90 Å². The zero-order valence-corrected chi connectivity index (χ0v) is 12.3. The standard InChI is InChI=1S/C17H25N3/c1-14-3-2-4-17(11-14)20-9-7-19(8-10-20)13-15-5-6-16(18)12-15/h2-6,11,15-16H,7-10,12-13,18H2,1H3. The van der Waals surface area contributed by atoms with E-state index in [1.807, 2.05) is 0 Å². The predicted molar refractivity (Wildman–Crippen MR) is 85.1 cm³/mol. The monoisotopic (exact) mass is 271 g/mol. The maximum atomic E-state index is 5.93. The molecule has 3 heteroatoms. The van der Waals surface area contributed by atoms with E-state index in [-0.39, 0.29) is 6.04 Å². The van der Waals surface area contributed by atoms with Crippen LogP contribution in [0.2, 0.25) is 0 Å². The predicted octanol–water partition coefficient (Wildman–Crippen LogP) is 2.02. The average molecular weight is 271 g/mol. The summed E-state index contributed by atoms with van der Waals surface area (Å²) in [5, 5.41) is 0. The Labute approximate surface area is 122 Å². The zero-order chi connectivity index (χ0) is 13.9. The van der Waals surface area contributed by atoms with Gasteiger partial charge in [0.05, 0.1) is 0 Å². The highest BCUT2D eigenvalue weighted by Gasteiger charge is 2.22. The molecule has 1 aromatic carbocycles. The minimum absolute atomic E-state index is 0.286. The number of hydrogen-bond acceptors (Lipinski definition) is 3. The molecule has 1 saturated heterocycles. The highest BCUT2D eigenvalue weighted by atomic mass is 15.3. The molecule has 20 heavy (non-hydrogen) atoms. The molecule has 2 unspecified atom stereocenters. The van der Waals surface area contributed by atoms with Gasteiger partial charge in [0.25, 0.3) is 0 Å². The molecule has 1 aliphatic carbocycles. The van der Waals surface area contributed by atoms with Crippen LogP contribution in [0, 0.1) is 12.8 Å². The van der Waals surface area contributed by atoms with Crippen LogP contribution in [0.5, 0.6) is 0 Å². The molecule has 0 radical (unpaired) electrons. The van der Waals surface area contributed by atoms with Crippen LogP contribution in [0.25, 0.3) is 0 Å². The molecule has 2 atom stereocenters. The maximum absolute atomic E-state index is 5.93. The van der Waals surface area contributed by atoms with E-state index in [1.54, 1.807) is 0 Å². The van der Waals surface area contributed by atoms with Gasteiger partial charge in [-0.1, -0.05) is 24.3 Å². The minimum atomic E-state index is 0.286. The Morgan fingerprint density at radius 2 is 1.95 bits per heavy atom. The lowest BCUT2D eigenvalue weighted by Gasteiger charge is -2.37. The van der Waals surface area contributed by atoms with E-state index in [0.29, 0.717) is 5.92 Å². The number of rotatable bonds is 3. The quantitative estimate of drug-likeness (QED) is 0.854. The van der Waals surface area contributed by atoms with Crippen molar-refractivity contribution in [3.63, 3.8) is 0 Å². The first kappa shape index (κ1) is 13.7. The third kappa shape index (κ3) is 3.22. The summed E-state index contributed by atoms with van der Waals surface area (Å²) in [7, 11) is 0. The molecule has 0 bridgehead atoms. The number of nitrogens with two attached hydrogens (primary N) is 1. The van der Waals surface area contributed by atoms with Crippen LogP contribution in [0.1, 0.15) is 12.0 Å². The van der Waals surface area contributed by atoms with Crippen LogP contribution in [0.15, 0.2) is 36.4 Å². The van der Waals surface area contributed by atoms with Crippen molar-refractivity contribution in [2.24, 2.45) is 11.7 Å². The average Bonchev–Trinajstić information content (AvgIpc) is 2.85. The van der Waals surface area contributed by atoms with Crippen molar-refractivity contribution in [1.82, 2.24) is 4.90 Å². The molecule has 1 aromatic rings. The summed E-state index contributed by atoms with van der Waals surface area (Å²) < 4.78 is 0. The van der Waals surface area contributed by atoms with Gasteiger partial charge in [-0.15, -0.1) is 0 Å². The normalized spacial score (nSPS) is 27.2. The lowest BCUT2D eigenvalue weighted by Crippen LogP contribution is -2.47. The molecular weight excluding hydrogens is 246 g/mol. The largest absolute Gasteiger partial charge is 0.369 e. The zero-order valence-electron chi connectivity index (χ0n) is 12.3. The van der Waals surface area contributed by atoms with Gasteiger partial charge in [0.1, 0.15) is 0 Å². The topological polar surface area (TPSA) is 32.5 Å². The number of aryl methyl sites for hydroxylation is 1. The second-order valence-corrected chi connectivity index (χ2v) is 6.17. The van der Waals surface area contributed by atoms with E-state index in [0.717, 1.165) is 32.6 Å². The summed E-state index contributed by atoms with van der Waals surface area (Å²) in [5.41, 5.74) is 8.64. The Hall–Kier alpha value is -1.32. The Morgan fingerprint density at radius 3 is 2.60 bits per heavy atom. The van der Waals surface area contributed by atoms with Crippen molar-refractivity contribution in [3.05, 3.63) is 42.0 Å². The minimum Gasteiger partial charge on any atom is -0.369 e. The SMILES string of the molecule is Cc1cccc(N2CCN(CC3C=CC(N)C3)CC2)c1. The molecular formula is C17H25N3. The fraction of sp³-hybridized carbons (Fsp3) is 0.529. The number of benzene rings is 1. The second kappa shape index (κ2) is 5.98. The second-order valence-electron chi connectivity index (χ2n) is 6.17. The highest BCUT2D eigenvalue weighted by molar-refractivity contribution is 5.48. The van der Waals surface area contributed by atoms with Gasteiger partial charge < -0.3 is 10.6 Å². The Bertz CT molecular complexity index is 475. The first-order valence-electron chi connectivity index (χ1n) is 7.68. The fourth-order valence-corrected chi connectivity index (χ4v) is 3.29. The van der Waals surface area contributed by atoms with E-state index in [2.05, 4.69) is 53.1 Å². The van der Waals surface area contributed by atoms with Crippen LogP contribution < -0.4 is 10.6 Å². The van der Waals surface area contributed by atoms with Crippen molar-refractivity contribution < 1.29 is 0 Å². The molecule has 0 spiro atoms. The summed E-state index contributed by atoms with van der Waals surface area (Å²) in [6, 6.07) is 9.11. The van der Waals surface area contributed by atoms with Crippen molar-refractivity contribution >= 4 is 5.69 Å². The van der Waals surface area contributed by atoms with E-state index in [4.69, 9.17) is 5.73 Å². The van der Waals surface area contributed by atoms with Gasteiger partial charge in [0.15, 0.2) is 0 Å². The first-order chi connectivity index (χ1) is 9.70. The van der Waals surface area contributed by atoms with Crippen molar-refractivity contribution in [1.29, 1.82) is 0 Å². The molecule has 1 aliphatic heterocycles. The van der Waals surface area contributed by atoms with Crippen LogP contribution in [-0.4, -0.2) is 43.7 Å². The molecule has 3 rings (SSSR count). The number of hydrogen-bond donors (Lipinski definition) is 1. The number of nitrogens with zero attached hydrogens (tertiary/aromatic N) is 2. The molecule has 2 aliphatic rings. The van der Waals surface area contributed by atoms with Gasteiger partial charge >= 0.3 is 0 Å². The smallest absolute Gasteiger partial charge is 0.0369 e. The summed E-state index contributed by atoms with van der Waals surface area (Å²) in [6.07, 6.45) is 5.59. The summed E-state index contributed by atoms with van der Waals surface area (Å²) in [6.45, 7) is 7.92. The molecule has 0 aromatic heterocycles. The first-order valence-corrected chi connectivity index (χ1v) is 7.68. The molecule has 1 heterocycles. The Balaban J connectivity index is 1.51. The van der Waals surface area contributed by atoms with E-state index in [9.17, 15) is 0 Å². The van der Waals surface area contributed by atoms with E-state index in [1.165, 1.54) is 17.8 Å². The Kier molecular flexibility index (Phi) is 4.08. The third-order valence-corrected chi connectivity index (χ3v) is 4.44. The van der Waals surface area contributed by atoms with Gasteiger partial charge in [0.2, 0.25) is 0 Å². The van der Waals surface area contributed by atoms with Crippen molar-refractivity contribution in [2.45, 2.75) is 19.4 Å². The molecule has 2 N–H and O–H groups in total. The number of piperazine rings is 1. The molecule has 1 fully saturated rings. The fourth-order valence-electron chi connectivity index (χ4n) is 3.29. The van der Waals surface area contributed by atoms with Crippen LogP contribution in [0.4, 0.5) is 5.69 Å². The van der Waals surface area contributed by atoms with Crippen molar-refractivity contribution in [3.8, 4) is 0 Å². The molecule has 0 amide bonds. The Morgan fingerprint density at radius 1 is 1.15 bits per heavy atom. The van der Waals surface area contributed by atoms with Gasteiger partial charge in [-0.05, 0) is 37.0 Å². The van der Waals surface area contributed by atoms with Gasteiger partial charge in [-0.25, -0.2) is 0 Å². The van der Waals surface area contributed by atoms with E-state index >= 15 is 0 Å². The van der Waals surface area contributed by atoms with Gasteiger partial charge in [-0.2, -0.15) is 0 Å². The summed E-state index contributed by atoms with van der Waals surface area (Å²) in [5.74, 6) is 0.663. The van der Waals surface area contributed by atoms with Gasteiger partial charge in [0, 0.05) is 44.5 Å². The summed E-state index contributed by atoms with van der Waals surface area (Å²) >= 11 is 0. The van der Waals surface area contributed by atoms with Crippen LogP contribution in [-0.2, 0) is 0 Å². The van der Waals surface area contributed by atoms with Crippen LogP contribution >= 0.6 is 0 Å². The lowest BCUT2D eigenvalue weighted by atomic mass is 10.1. The highest BCUT2D eigenvalue weighted by Crippen LogP contribution is 2.21. The number of anilines is 1. The van der Waals surface area contributed by atoms with Crippen LogP contribution in [0.3, 0.4) is 0 Å². The lowest BCUT2D eigenvalue weighted by molar-refractivity contribution is 0.232. The summed E-state index contributed by atoms with van der Waals surface area (Å²) in [4.78, 5) is 5.08. The molecule has 108 valence electrons. The molecule has 3 nitrogen and oxygen atoms in total. The van der Waals surface area contributed by atoms with Crippen molar-refractivity contribution in [2.75, 3.05) is 37.6 Å². The van der Waals surface area contributed by atoms with E-state index < -0.39 is 0 Å². The maximum Gasteiger partial charge on any atom is 0.0369 e.